The molecule has 0 heterocycles. The van der Waals surface area contributed by atoms with Crippen molar-refractivity contribution in [1.82, 2.24) is 0 Å². The summed E-state index contributed by atoms with van der Waals surface area (Å²) in [4.78, 5) is 11.3. The molecule has 1 aromatic carbocycles. The fourth-order valence-corrected chi connectivity index (χ4v) is 2.99. The Morgan fingerprint density at radius 3 is 2.55 bits per heavy atom. The second-order valence-corrected chi connectivity index (χ2v) is 6.01. The molecule has 2 rings (SSSR count). The van der Waals surface area contributed by atoms with Crippen LogP contribution >= 0.6 is 0 Å². The number of hydrogen-bond acceptors (Lipinski definition) is 2. The molecule has 1 N–H and O–H groups in total. The number of rotatable bonds is 7. The Kier molecular flexibility index (Phi) is 6.66. The number of unbranched alkanes of at least 4 members (excludes halogenated alkanes) is 1. The number of carbonyl (C=O) groups is 1. The van der Waals surface area contributed by atoms with Gasteiger partial charge >= 0.3 is 0 Å². The lowest BCUT2D eigenvalue weighted by Gasteiger charge is -2.29. The van der Waals surface area contributed by atoms with Crippen LogP contribution in [0.3, 0.4) is 0 Å². The molecular weight excluding hydrogens is 274 g/mol. The van der Waals surface area contributed by atoms with Crippen molar-refractivity contribution in [2.75, 3.05) is 11.9 Å². The van der Waals surface area contributed by atoms with Crippen LogP contribution in [0.2, 0.25) is 0 Å². The first-order valence-corrected chi connectivity index (χ1v) is 8.38. The Labute approximate surface area is 133 Å². The zero-order valence-corrected chi connectivity index (χ0v) is 13.5. The highest BCUT2D eigenvalue weighted by Gasteiger charge is 2.22. The smallest absolute Gasteiger partial charge is 0.247 e. The van der Waals surface area contributed by atoms with Crippen molar-refractivity contribution in [1.29, 1.82) is 0 Å². The highest BCUT2D eigenvalue weighted by atomic mass is 16.5. The van der Waals surface area contributed by atoms with Gasteiger partial charge in [-0.05, 0) is 61.8 Å². The summed E-state index contributed by atoms with van der Waals surface area (Å²) in [5.41, 5.74) is 2.19. The van der Waals surface area contributed by atoms with E-state index in [0.717, 1.165) is 31.6 Å². The Balaban J connectivity index is 1.81. The topological polar surface area (TPSA) is 38.3 Å². The third kappa shape index (κ3) is 4.99. The minimum atomic E-state index is -0.169. The van der Waals surface area contributed by atoms with Gasteiger partial charge in [-0.15, -0.1) is 0 Å². The number of carbonyl (C=O) groups excluding carboxylic acids is 1. The molecule has 0 atom stereocenters. The average molecular weight is 301 g/mol. The fraction of sp³-hybridized carbons (Fsp3) is 0.526. The molecule has 120 valence electrons. The van der Waals surface area contributed by atoms with Crippen molar-refractivity contribution in [2.24, 2.45) is 0 Å². The second kappa shape index (κ2) is 8.74. The van der Waals surface area contributed by atoms with Gasteiger partial charge in [0.25, 0.3) is 0 Å². The Hall–Kier alpha value is -1.61. The predicted molar refractivity (Wildman–Crippen MR) is 91.1 cm³/mol. The van der Waals surface area contributed by atoms with Gasteiger partial charge in [-0.1, -0.05) is 32.1 Å². The van der Waals surface area contributed by atoms with Crippen molar-refractivity contribution in [3.05, 3.63) is 42.5 Å². The van der Waals surface area contributed by atoms with E-state index >= 15 is 0 Å². The molecule has 0 saturated heterocycles. The molecule has 1 fully saturated rings. The minimum Gasteiger partial charge on any atom is -0.378 e. The number of anilines is 1. The third-order valence-corrected chi connectivity index (χ3v) is 4.36. The van der Waals surface area contributed by atoms with E-state index in [-0.39, 0.29) is 5.91 Å². The van der Waals surface area contributed by atoms with Gasteiger partial charge in [0.2, 0.25) is 5.91 Å². The first-order chi connectivity index (χ1) is 10.7. The summed E-state index contributed by atoms with van der Waals surface area (Å²) in [6, 6.07) is 8.20. The second-order valence-electron chi connectivity index (χ2n) is 6.01. The number of ether oxygens (including phenoxy) is 1. The van der Waals surface area contributed by atoms with Crippen LogP contribution in [0.4, 0.5) is 5.69 Å². The maximum atomic E-state index is 11.3. The standard InChI is InChI=1S/C19H27NO2/c1-3-5-14-22-18-12-8-16(9-13-18)15-6-10-17(11-7-15)20-19(21)4-2/h4,6-7,10-11,16,18H,2-3,5,8-9,12-14H2,1H3,(H,20,21). The summed E-state index contributed by atoms with van der Waals surface area (Å²) in [5, 5.41) is 2.78. The zero-order chi connectivity index (χ0) is 15.8. The van der Waals surface area contributed by atoms with Crippen LogP contribution in [-0.4, -0.2) is 18.6 Å². The van der Waals surface area contributed by atoms with Gasteiger partial charge in [0, 0.05) is 12.3 Å². The van der Waals surface area contributed by atoms with E-state index in [1.54, 1.807) is 0 Å². The van der Waals surface area contributed by atoms with E-state index in [2.05, 4.69) is 31.0 Å². The summed E-state index contributed by atoms with van der Waals surface area (Å²) in [6.45, 7) is 6.56. The molecule has 3 heteroatoms. The summed E-state index contributed by atoms with van der Waals surface area (Å²) in [6.07, 6.45) is 8.79. The van der Waals surface area contributed by atoms with Crippen molar-refractivity contribution in [3.63, 3.8) is 0 Å². The Morgan fingerprint density at radius 2 is 1.95 bits per heavy atom. The minimum absolute atomic E-state index is 0.169. The maximum absolute atomic E-state index is 11.3. The van der Waals surface area contributed by atoms with Crippen LogP contribution in [0.15, 0.2) is 36.9 Å². The van der Waals surface area contributed by atoms with Crippen LogP contribution in [0.5, 0.6) is 0 Å². The molecular formula is C19H27NO2. The number of benzene rings is 1. The van der Waals surface area contributed by atoms with Crippen molar-refractivity contribution in [2.45, 2.75) is 57.5 Å². The first kappa shape index (κ1) is 16.8. The van der Waals surface area contributed by atoms with Crippen LogP contribution in [0.1, 0.15) is 56.9 Å². The molecule has 3 nitrogen and oxygen atoms in total. The van der Waals surface area contributed by atoms with Gasteiger partial charge in [0.15, 0.2) is 0 Å². The fourth-order valence-electron chi connectivity index (χ4n) is 2.99. The number of amides is 1. The van der Waals surface area contributed by atoms with Crippen LogP contribution in [0, 0.1) is 0 Å². The van der Waals surface area contributed by atoms with Crippen molar-refractivity contribution < 1.29 is 9.53 Å². The van der Waals surface area contributed by atoms with Gasteiger partial charge in [0.05, 0.1) is 6.10 Å². The quantitative estimate of drug-likeness (QED) is 0.588. The predicted octanol–water partition coefficient (Wildman–Crippen LogP) is 4.65. The lowest BCUT2D eigenvalue weighted by Crippen LogP contribution is -2.21. The van der Waals surface area contributed by atoms with E-state index in [1.807, 2.05) is 12.1 Å². The molecule has 22 heavy (non-hydrogen) atoms. The monoisotopic (exact) mass is 301 g/mol. The lowest BCUT2D eigenvalue weighted by molar-refractivity contribution is -0.111. The number of nitrogens with one attached hydrogen (secondary N) is 1. The van der Waals surface area contributed by atoms with E-state index in [0.29, 0.717) is 12.0 Å². The highest BCUT2D eigenvalue weighted by molar-refractivity contribution is 5.98. The summed E-state index contributed by atoms with van der Waals surface area (Å²) >= 11 is 0. The van der Waals surface area contributed by atoms with Crippen LogP contribution < -0.4 is 5.32 Å². The van der Waals surface area contributed by atoms with E-state index in [4.69, 9.17) is 4.74 Å². The van der Waals surface area contributed by atoms with Crippen molar-refractivity contribution >= 4 is 11.6 Å². The molecule has 1 amide bonds. The van der Waals surface area contributed by atoms with Crippen molar-refractivity contribution in [3.8, 4) is 0 Å². The zero-order valence-electron chi connectivity index (χ0n) is 13.5. The van der Waals surface area contributed by atoms with E-state index < -0.39 is 0 Å². The lowest BCUT2D eigenvalue weighted by atomic mass is 9.82. The van der Waals surface area contributed by atoms with E-state index in [9.17, 15) is 4.79 Å². The SMILES string of the molecule is C=CC(=O)Nc1ccc(C2CCC(OCCCC)CC2)cc1. The van der Waals surface area contributed by atoms with Gasteiger partial charge in [-0.2, -0.15) is 0 Å². The maximum Gasteiger partial charge on any atom is 0.247 e. The van der Waals surface area contributed by atoms with Crippen LogP contribution in [-0.2, 0) is 9.53 Å². The largest absolute Gasteiger partial charge is 0.378 e. The van der Waals surface area contributed by atoms with Gasteiger partial charge < -0.3 is 10.1 Å². The molecule has 0 unspecified atom stereocenters. The van der Waals surface area contributed by atoms with Crippen LogP contribution in [0.25, 0.3) is 0 Å². The highest BCUT2D eigenvalue weighted by Crippen LogP contribution is 2.34. The molecule has 0 aliphatic heterocycles. The molecule has 1 saturated carbocycles. The summed E-state index contributed by atoms with van der Waals surface area (Å²) < 4.78 is 5.93. The molecule has 0 radical (unpaired) electrons. The molecule has 1 aliphatic rings. The summed E-state index contributed by atoms with van der Waals surface area (Å²) in [5.74, 6) is 0.452. The van der Waals surface area contributed by atoms with Gasteiger partial charge in [0.1, 0.15) is 0 Å². The van der Waals surface area contributed by atoms with Gasteiger partial charge in [-0.3, -0.25) is 4.79 Å². The molecule has 0 spiro atoms. The first-order valence-electron chi connectivity index (χ1n) is 8.38. The van der Waals surface area contributed by atoms with E-state index in [1.165, 1.54) is 30.9 Å². The molecule has 1 aromatic rings. The third-order valence-electron chi connectivity index (χ3n) is 4.36. The van der Waals surface area contributed by atoms with Gasteiger partial charge in [-0.25, -0.2) is 0 Å². The Morgan fingerprint density at radius 1 is 1.27 bits per heavy atom. The number of hydrogen-bond donors (Lipinski definition) is 1. The normalized spacial score (nSPS) is 21.3. The molecule has 1 aliphatic carbocycles. The average Bonchev–Trinajstić information content (AvgIpc) is 2.56. The molecule has 0 bridgehead atoms. The summed E-state index contributed by atoms with van der Waals surface area (Å²) in [7, 11) is 0. The molecule has 0 aromatic heterocycles. The Bertz CT molecular complexity index is 473.